The molecule has 0 aliphatic heterocycles. The van der Waals surface area contributed by atoms with E-state index in [-0.39, 0.29) is 11.6 Å². The van der Waals surface area contributed by atoms with E-state index in [0.29, 0.717) is 10.0 Å². The number of anilines is 2. The van der Waals surface area contributed by atoms with Crippen LogP contribution in [-0.2, 0) is 4.79 Å². The van der Waals surface area contributed by atoms with E-state index in [9.17, 15) is 14.9 Å². The summed E-state index contributed by atoms with van der Waals surface area (Å²) in [5.41, 5.74) is 0.330. The molecule has 0 aliphatic rings. The average Bonchev–Trinajstić information content (AvgIpc) is 3.02. The second-order valence-corrected chi connectivity index (χ2v) is 7.78. The monoisotopic (exact) mass is 381 g/mol. The van der Waals surface area contributed by atoms with Crippen molar-refractivity contribution in [3.63, 3.8) is 0 Å². The van der Waals surface area contributed by atoms with Crippen molar-refractivity contribution in [2.45, 2.75) is 36.3 Å². The lowest BCUT2D eigenvalue weighted by Gasteiger charge is -2.10. The average molecular weight is 381 g/mol. The number of amides is 1. The molecule has 1 unspecified atom stereocenters. The number of non-ortho nitro benzene ring substituents is 1. The third-order valence-electron chi connectivity index (χ3n) is 3.18. The minimum absolute atomic E-state index is 0.0648. The molecule has 25 heavy (non-hydrogen) atoms. The maximum atomic E-state index is 12.3. The predicted molar refractivity (Wildman–Crippen MR) is 100 cm³/mol. The molecule has 0 bridgehead atoms. The van der Waals surface area contributed by atoms with Crippen molar-refractivity contribution >= 4 is 45.5 Å². The molecular weight excluding hydrogens is 362 g/mol. The van der Waals surface area contributed by atoms with Crippen LogP contribution in [0.5, 0.6) is 0 Å². The van der Waals surface area contributed by atoms with Gasteiger partial charge in [-0.15, -0.1) is 10.2 Å². The summed E-state index contributed by atoms with van der Waals surface area (Å²) in [4.78, 5) is 22.5. The van der Waals surface area contributed by atoms with Crippen LogP contribution in [0, 0.1) is 10.1 Å². The Kier molecular flexibility index (Phi) is 7.14. The van der Waals surface area contributed by atoms with Gasteiger partial charge >= 0.3 is 0 Å². The number of nitro benzene ring substituents is 1. The van der Waals surface area contributed by atoms with Gasteiger partial charge < -0.3 is 10.6 Å². The van der Waals surface area contributed by atoms with Crippen molar-refractivity contribution < 1.29 is 9.72 Å². The molecule has 1 heterocycles. The van der Waals surface area contributed by atoms with Gasteiger partial charge in [-0.3, -0.25) is 14.9 Å². The number of carbonyl (C=O) groups is 1. The Hall–Kier alpha value is -2.20. The summed E-state index contributed by atoms with van der Waals surface area (Å²) in [7, 11) is 0. The first kappa shape index (κ1) is 19.1. The Morgan fingerprint density at radius 1 is 1.44 bits per heavy atom. The van der Waals surface area contributed by atoms with Crippen LogP contribution < -0.4 is 10.6 Å². The van der Waals surface area contributed by atoms with E-state index in [1.807, 2.05) is 0 Å². The summed E-state index contributed by atoms with van der Waals surface area (Å²) in [5, 5.41) is 25.1. The minimum atomic E-state index is -0.498. The first-order valence-corrected chi connectivity index (χ1v) is 9.48. The molecule has 134 valence electrons. The van der Waals surface area contributed by atoms with Crippen molar-refractivity contribution in [2.75, 3.05) is 17.2 Å². The molecule has 1 aromatic heterocycles. The van der Waals surface area contributed by atoms with Crippen LogP contribution in [-0.4, -0.2) is 32.8 Å². The largest absolute Gasteiger partial charge is 0.360 e. The zero-order valence-electron chi connectivity index (χ0n) is 13.9. The summed E-state index contributed by atoms with van der Waals surface area (Å²) < 4.78 is 0.695. The maximum Gasteiger partial charge on any atom is 0.271 e. The number of thioether (sulfide) groups is 1. The normalized spacial score (nSPS) is 11.8. The molecule has 2 rings (SSSR count). The number of aromatic nitrogens is 2. The van der Waals surface area contributed by atoms with Crippen molar-refractivity contribution in [2.24, 2.45) is 0 Å². The van der Waals surface area contributed by atoms with Crippen LogP contribution in [0.15, 0.2) is 28.6 Å². The molecule has 0 aliphatic carbocycles. The third-order valence-corrected chi connectivity index (χ3v) is 5.25. The second kappa shape index (κ2) is 9.33. The molecule has 0 radical (unpaired) electrons. The molecule has 1 aromatic carbocycles. The number of rotatable bonds is 9. The molecule has 0 spiro atoms. The lowest BCUT2D eigenvalue weighted by Crippen LogP contribution is -2.22. The lowest BCUT2D eigenvalue weighted by molar-refractivity contribution is -0.384. The number of hydrogen-bond donors (Lipinski definition) is 2. The van der Waals surface area contributed by atoms with Crippen molar-refractivity contribution in [1.82, 2.24) is 10.2 Å². The van der Waals surface area contributed by atoms with Gasteiger partial charge in [0, 0.05) is 24.4 Å². The first-order valence-electron chi connectivity index (χ1n) is 7.79. The molecule has 2 N–H and O–H groups in total. The van der Waals surface area contributed by atoms with E-state index in [4.69, 9.17) is 0 Å². The summed E-state index contributed by atoms with van der Waals surface area (Å²) in [5.74, 6) is -0.249. The van der Waals surface area contributed by atoms with Gasteiger partial charge in [-0.25, -0.2) is 0 Å². The fraction of sp³-hybridized carbons (Fsp3) is 0.400. The van der Waals surface area contributed by atoms with E-state index in [0.717, 1.165) is 24.5 Å². The molecule has 0 fully saturated rings. The van der Waals surface area contributed by atoms with E-state index >= 15 is 0 Å². The van der Waals surface area contributed by atoms with Gasteiger partial charge in [0.15, 0.2) is 4.34 Å². The van der Waals surface area contributed by atoms with E-state index in [1.54, 1.807) is 13.0 Å². The maximum absolute atomic E-state index is 12.3. The highest BCUT2D eigenvalue weighted by Gasteiger charge is 2.18. The molecule has 0 saturated carbocycles. The Morgan fingerprint density at radius 2 is 2.24 bits per heavy atom. The quantitative estimate of drug-likeness (QED) is 0.294. The lowest BCUT2D eigenvalue weighted by atomic mass is 10.2. The van der Waals surface area contributed by atoms with Gasteiger partial charge in [-0.2, -0.15) is 0 Å². The molecule has 1 amide bonds. The molecule has 10 heteroatoms. The number of nitro groups is 1. The zero-order chi connectivity index (χ0) is 18.2. The Bertz CT molecular complexity index is 737. The standard InChI is InChI=1S/C15H19N5O3S2/c1-3-4-8-16-14-18-19-15(25-14)24-10(2)13(21)17-11-6-5-7-12(9-11)20(22)23/h5-7,9-10H,3-4,8H2,1-2H3,(H,16,18)(H,17,21). The third kappa shape index (κ3) is 5.98. The number of nitrogens with zero attached hydrogens (tertiary/aromatic N) is 3. The number of carbonyl (C=O) groups excluding carboxylic acids is 1. The number of unbranched alkanes of at least 4 members (excludes halogenated alkanes) is 1. The predicted octanol–water partition coefficient (Wildman–Crippen LogP) is 3.78. The number of nitrogens with one attached hydrogen (secondary N) is 2. The van der Waals surface area contributed by atoms with Crippen LogP contribution in [0.25, 0.3) is 0 Å². The second-order valence-electron chi connectivity index (χ2n) is 5.21. The topological polar surface area (TPSA) is 110 Å². The molecule has 0 saturated heterocycles. The van der Waals surface area contributed by atoms with E-state index in [2.05, 4.69) is 27.8 Å². The number of hydrogen-bond acceptors (Lipinski definition) is 8. The summed E-state index contributed by atoms with van der Waals surface area (Å²) >= 11 is 2.70. The fourth-order valence-corrected chi connectivity index (χ4v) is 3.77. The zero-order valence-corrected chi connectivity index (χ0v) is 15.5. The summed E-state index contributed by atoms with van der Waals surface area (Å²) in [6.45, 7) is 4.71. The highest BCUT2D eigenvalue weighted by atomic mass is 32.2. The smallest absolute Gasteiger partial charge is 0.271 e. The Morgan fingerprint density at radius 3 is 2.96 bits per heavy atom. The molecule has 2 aromatic rings. The summed E-state index contributed by atoms with van der Waals surface area (Å²) in [6.07, 6.45) is 2.16. The van der Waals surface area contributed by atoms with Crippen molar-refractivity contribution in [1.29, 1.82) is 0 Å². The van der Waals surface area contributed by atoms with Gasteiger partial charge in [0.2, 0.25) is 11.0 Å². The fourth-order valence-electron chi connectivity index (χ4n) is 1.85. The van der Waals surface area contributed by atoms with Gasteiger partial charge in [-0.05, 0) is 19.4 Å². The molecular formula is C15H19N5O3S2. The molecule has 1 atom stereocenters. The van der Waals surface area contributed by atoms with Gasteiger partial charge in [0.25, 0.3) is 5.69 Å². The van der Waals surface area contributed by atoms with Crippen LogP contribution in [0.4, 0.5) is 16.5 Å². The van der Waals surface area contributed by atoms with Gasteiger partial charge in [0.05, 0.1) is 10.2 Å². The van der Waals surface area contributed by atoms with Crippen molar-refractivity contribution in [3.8, 4) is 0 Å². The van der Waals surface area contributed by atoms with Gasteiger partial charge in [0.1, 0.15) is 0 Å². The minimum Gasteiger partial charge on any atom is -0.360 e. The molecule has 8 nitrogen and oxygen atoms in total. The Balaban J connectivity index is 1.90. The van der Waals surface area contributed by atoms with Crippen LogP contribution in [0.2, 0.25) is 0 Å². The van der Waals surface area contributed by atoms with Gasteiger partial charge in [-0.1, -0.05) is 42.5 Å². The number of benzene rings is 1. The van der Waals surface area contributed by atoms with E-state index in [1.165, 1.54) is 41.3 Å². The SMILES string of the molecule is CCCCNc1nnc(SC(C)C(=O)Nc2cccc([N+](=O)[O-])c2)s1. The Labute approximate surface area is 153 Å². The highest BCUT2D eigenvalue weighted by molar-refractivity contribution is 8.02. The van der Waals surface area contributed by atoms with E-state index < -0.39 is 10.2 Å². The van der Waals surface area contributed by atoms with Crippen LogP contribution in [0.1, 0.15) is 26.7 Å². The van der Waals surface area contributed by atoms with Crippen LogP contribution >= 0.6 is 23.1 Å². The van der Waals surface area contributed by atoms with Crippen molar-refractivity contribution in [3.05, 3.63) is 34.4 Å². The van der Waals surface area contributed by atoms with Crippen LogP contribution in [0.3, 0.4) is 0 Å². The first-order chi connectivity index (χ1) is 12.0. The summed E-state index contributed by atoms with van der Waals surface area (Å²) in [6, 6.07) is 5.85. The highest BCUT2D eigenvalue weighted by Crippen LogP contribution is 2.29.